The van der Waals surface area contributed by atoms with E-state index in [1.165, 1.54) is 18.5 Å². The summed E-state index contributed by atoms with van der Waals surface area (Å²) in [5, 5.41) is 12.2. The maximum Gasteiger partial charge on any atom is 0.259 e. The van der Waals surface area contributed by atoms with Gasteiger partial charge in [0.2, 0.25) is 0 Å². The van der Waals surface area contributed by atoms with Gasteiger partial charge in [0.25, 0.3) is 5.91 Å². The van der Waals surface area contributed by atoms with Gasteiger partial charge in [-0.3, -0.25) is 9.78 Å². The Balaban J connectivity index is 2.22. The Morgan fingerprint density at radius 2 is 2.17 bits per heavy atom. The van der Waals surface area contributed by atoms with Gasteiger partial charge in [-0.15, -0.1) is 0 Å². The summed E-state index contributed by atoms with van der Waals surface area (Å²) >= 11 is 3.27. The van der Waals surface area contributed by atoms with Gasteiger partial charge in [0.15, 0.2) is 0 Å². The van der Waals surface area contributed by atoms with Gasteiger partial charge in [-0.05, 0) is 40.2 Å². The van der Waals surface area contributed by atoms with Crippen molar-refractivity contribution >= 4 is 33.2 Å². The molecule has 0 unspecified atom stereocenters. The lowest BCUT2D eigenvalue weighted by Gasteiger charge is -2.07. The molecule has 0 saturated heterocycles. The Labute approximate surface area is 112 Å². The van der Waals surface area contributed by atoms with Crippen molar-refractivity contribution < 1.29 is 9.90 Å². The van der Waals surface area contributed by atoms with Crippen molar-refractivity contribution in [2.45, 2.75) is 0 Å². The summed E-state index contributed by atoms with van der Waals surface area (Å²) in [7, 11) is 0. The molecule has 2 aromatic rings. The average Bonchev–Trinajstić information content (AvgIpc) is 2.34. The minimum atomic E-state index is -0.411. The minimum absolute atomic E-state index is 0.162. The molecule has 1 heterocycles. The third-order valence-electron chi connectivity index (χ3n) is 2.30. The van der Waals surface area contributed by atoms with Crippen LogP contribution in [0.5, 0.6) is 5.75 Å². The molecule has 4 N–H and O–H groups in total. The van der Waals surface area contributed by atoms with Gasteiger partial charge < -0.3 is 16.2 Å². The van der Waals surface area contributed by atoms with Gasteiger partial charge in [0, 0.05) is 22.0 Å². The molecular formula is C12H10BrN3O2. The molecule has 5 nitrogen and oxygen atoms in total. The largest absolute Gasteiger partial charge is 0.505 e. The summed E-state index contributed by atoms with van der Waals surface area (Å²) in [5.41, 5.74) is 6.98. The van der Waals surface area contributed by atoms with Crippen LogP contribution in [0, 0.1) is 0 Å². The Bertz CT molecular complexity index is 602. The molecule has 0 aliphatic heterocycles. The molecule has 0 saturated carbocycles. The van der Waals surface area contributed by atoms with Crippen molar-refractivity contribution in [1.29, 1.82) is 0 Å². The number of rotatable bonds is 2. The van der Waals surface area contributed by atoms with Crippen LogP contribution < -0.4 is 11.1 Å². The molecular weight excluding hydrogens is 298 g/mol. The summed E-state index contributed by atoms with van der Waals surface area (Å²) in [6, 6.07) is 6.48. The molecule has 18 heavy (non-hydrogen) atoms. The van der Waals surface area contributed by atoms with Gasteiger partial charge in [-0.1, -0.05) is 0 Å². The number of anilines is 2. The summed E-state index contributed by atoms with van der Waals surface area (Å²) in [6.07, 6.45) is 2.65. The number of nitrogens with two attached hydrogens (primary N) is 1. The Kier molecular flexibility index (Phi) is 3.47. The second-order valence-electron chi connectivity index (χ2n) is 3.58. The first kappa shape index (κ1) is 12.4. The average molecular weight is 308 g/mol. The van der Waals surface area contributed by atoms with Gasteiger partial charge >= 0.3 is 0 Å². The second kappa shape index (κ2) is 5.05. The maximum atomic E-state index is 11.9. The number of hydrogen-bond acceptors (Lipinski definition) is 4. The van der Waals surface area contributed by atoms with E-state index < -0.39 is 5.91 Å². The van der Waals surface area contributed by atoms with Crippen molar-refractivity contribution in [3.63, 3.8) is 0 Å². The molecule has 2 rings (SSSR count). The lowest BCUT2D eigenvalue weighted by atomic mass is 10.2. The highest BCUT2D eigenvalue weighted by Crippen LogP contribution is 2.24. The van der Waals surface area contributed by atoms with Crippen molar-refractivity contribution in [3.8, 4) is 5.75 Å². The highest BCUT2D eigenvalue weighted by atomic mass is 79.9. The fourth-order valence-electron chi connectivity index (χ4n) is 1.38. The van der Waals surface area contributed by atoms with E-state index in [0.29, 0.717) is 15.8 Å². The molecule has 92 valence electrons. The Hall–Kier alpha value is -2.08. The molecule has 1 amide bonds. The van der Waals surface area contributed by atoms with E-state index in [0.717, 1.165) is 0 Å². The first-order valence-electron chi connectivity index (χ1n) is 5.07. The third kappa shape index (κ3) is 2.60. The first-order valence-corrected chi connectivity index (χ1v) is 5.86. The molecule has 0 bridgehead atoms. The highest BCUT2D eigenvalue weighted by Gasteiger charge is 2.11. The quantitative estimate of drug-likeness (QED) is 0.743. The number of amides is 1. The normalized spacial score (nSPS) is 10.1. The predicted octanol–water partition coefficient (Wildman–Crippen LogP) is 2.38. The van der Waals surface area contributed by atoms with Crippen LogP contribution in [-0.2, 0) is 0 Å². The van der Waals surface area contributed by atoms with E-state index in [2.05, 4.69) is 26.2 Å². The van der Waals surface area contributed by atoms with Crippen LogP contribution in [0.1, 0.15) is 10.4 Å². The number of nitrogen functional groups attached to an aromatic ring is 1. The van der Waals surface area contributed by atoms with E-state index >= 15 is 0 Å². The number of hydrogen-bond donors (Lipinski definition) is 3. The van der Waals surface area contributed by atoms with Gasteiger partial charge in [-0.2, -0.15) is 0 Å². The van der Waals surface area contributed by atoms with Crippen LogP contribution in [-0.4, -0.2) is 16.0 Å². The fraction of sp³-hybridized carbons (Fsp3) is 0. The van der Waals surface area contributed by atoms with E-state index in [1.54, 1.807) is 18.2 Å². The van der Waals surface area contributed by atoms with Crippen LogP contribution in [0.2, 0.25) is 0 Å². The van der Waals surface area contributed by atoms with Crippen LogP contribution in [0.4, 0.5) is 11.4 Å². The number of aromatic nitrogens is 1. The van der Waals surface area contributed by atoms with Crippen molar-refractivity contribution in [1.82, 2.24) is 4.98 Å². The number of carbonyl (C=O) groups is 1. The lowest BCUT2D eigenvalue weighted by molar-refractivity contribution is 0.102. The van der Waals surface area contributed by atoms with Crippen LogP contribution >= 0.6 is 15.9 Å². The van der Waals surface area contributed by atoms with E-state index in [4.69, 9.17) is 5.73 Å². The van der Waals surface area contributed by atoms with Gasteiger partial charge in [0.1, 0.15) is 5.75 Å². The second-order valence-corrected chi connectivity index (χ2v) is 4.44. The molecule has 0 spiro atoms. The number of nitrogens with zero attached hydrogens (tertiary/aromatic N) is 1. The molecule has 0 aliphatic carbocycles. The van der Waals surface area contributed by atoms with E-state index in [9.17, 15) is 9.90 Å². The molecule has 1 aromatic heterocycles. The summed E-state index contributed by atoms with van der Waals surface area (Å²) in [6.45, 7) is 0. The molecule has 0 atom stereocenters. The summed E-state index contributed by atoms with van der Waals surface area (Å²) in [4.78, 5) is 15.6. The highest BCUT2D eigenvalue weighted by molar-refractivity contribution is 9.10. The van der Waals surface area contributed by atoms with Gasteiger partial charge in [0.05, 0.1) is 11.8 Å². The maximum absolute atomic E-state index is 11.9. The van der Waals surface area contributed by atoms with Crippen molar-refractivity contribution in [2.75, 3.05) is 11.1 Å². The Morgan fingerprint density at radius 1 is 1.39 bits per heavy atom. The van der Waals surface area contributed by atoms with Crippen molar-refractivity contribution in [3.05, 3.63) is 46.7 Å². The van der Waals surface area contributed by atoms with Crippen LogP contribution in [0.15, 0.2) is 41.1 Å². The number of halogens is 1. The predicted molar refractivity (Wildman–Crippen MR) is 72.4 cm³/mol. The van der Waals surface area contributed by atoms with Crippen LogP contribution in [0.3, 0.4) is 0 Å². The van der Waals surface area contributed by atoms with Gasteiger partial charge in [-0.25, -0.2) is 0 Å². The lowest BCUT2D eigenvalue weighted by Crippen LogP contribution is -2.12. The van der Waals surface area contributed by atoms with Crippen LogP contribution in [0.25, 0.3) is 0 Å². The fourth-order valence-corrected chi connectivity index (χ4v) is 1.76. The molecule has 0 radical (unpaired) electrons. The third-order valence-corrected chi connectivity index (χ3v) is 2.99. The number of benzene rings is 1. The zero-order chi connectivity index (χ0) is 13.1. The smallest absolute Gasteiger partial charge is 0.259 e. The SMILES string of the molecule is Nc1ccc(NC(=O)c2ccncc2O)cc1Br. The zero-order valence-corrected chi connectivity index (χ0v) is 10.8. The summed E-state index contributed by atoms with van der Waals surface area (Å²) in [5.74, 6) is -0.573. The number of nitrogens with one attached hydrogen (secondary N) is 1. The Morgan fingerprint density at radius 3 is 2.83 bits per heavy atom. The van der Waals surface area contributed by atoms with E-state index in [-0.39, 0.29) is 11.3 Å². The summed E-state index contributed by atoms with van der Waals surface area (Å²) < 4.78 is 0.694. The number of aromatic hydroxyl groups is 1. The van der Waals surface area contributed by atoms with E-state index in [1.807, 2.05) is 0 Å². The number of carbonyl (C=O) groups excluding carboxylic acids is 1. The molecule has 6 heteroatoms. The molecule has 1 aromatic carbocycles. The first-order chi connectivity index (χ1) is 8.58. The molecule has 0 aliphatic rings. The topological polar surface area (TPSA) is 88.2 Å². The monoisotopic (exact) mass is 307 g/mol. The molecule has 0 fully saturated rings. The standard InChI is InChI=1S/C12H10BrN3O2/c13-9-5-7(1-2-10(9)14)16-12(18)8-3-4-15-6-11(8)17/h1-6,17H,14H2,(H,16,18). The zero-order valence-electron chi connectivity index (χ0n) is 9.22. The minimum Gasteiger partial charge on any atom is -0.505 e. The number of pyridine rings is 1. The van der Waals surface area contributed by atoms with Crippen molar-refractivity contribution in [2.24, 2.45) is 0 Å².